The second-order valence-corrected chi connectivity index (χ2v) is 2.20. The van der Waals surface area contributed by atoms with Gasteiger partial charge in [-0.05, 0) is 0 Å². The van der Waals surface area contributed by atoms with Crippen LogP contribution in [0.4, 0.5) is 0 Å². The monoisotopic (exact) mass is 494 g/mol. The van der Waals surface area contributed by atoms with Gasteiger partial charge in [-0.15, -0.1) is 0 Å². The quantitative estimate of drug-likeness (QED) is 0.495. The molecule has 0 bridgehead atoms. The van der Waals surface area contributed by atoms with Crippen molar-refractivity contribution < 1.29 is 42.1 Å². The predicted octanol–water partition coefficient (Wildman–Crippen LogP) is 2.44. The molecule has 0 aliphatic carbocycles. The average Bonchev–Trinajstić information content (AvgIpc) is 2.05. The van der Waals surface area contributed by atoms with Crippen molar-refractivity contribution in [1.29, 1.82) is 0 Å². The Bertz CT molecular complexity index is 279. The van der Waals surface area contributed by atoms with Crippen molar-refractivity contribution in [3.63, 3.8) is 0 Å². The zero-order valence-corrected chi connectivity index (χ0v) is 12.1. The molecule has 0 aliphatic heterocycles. The molecule has 2 aromatic rings. The van der Waals surface area contributed by atoms with Crippen molar-refractivity contribution in [1.82, 2.24) is 0 Å². The molecule has 0 spiro atoms. The predicted molar refractivity (Wildman–Crippen MR) is 41.6 cm³/mol. The third-order valence-corrected chi connectivity index (χ3v) is 1.53. The van der Waals surface area contributed by atoms with Crippen molar-refractivity contribution >= 4 is 10.8 Å². The zero-order valence-electron chi connectivity index (χ0n) is 6.28. The normalized spacial score (nSPS) is 8.33. The first-order valence-electron chi connectivity index (χ1n) is 3.23. The molecule has 0 heterocycles. The van der Waals surface area contributed by atoms with E-state index in [1.165, 1.54) is 10.8 Å². The fourth-order valence-electron chi connectivity index (χ4n) is 1.01. The van der Waals surface area contributed by atoms with Crippen molar-refractivity contribution in [2.45, 2.75) is 0 Å². The molecule has 0 fully saturated rings. The molecule has 0 amide bonds. The van der Waals surface area contributed by atoms with Gasteiger partial charge in [-0.2, -0.15) is 36.4 Å². The molecule has 2 heteroatoms. The molecule has 0 saturated heterocycles. The molecule has 0 atom stereocenters. The Balaban J connectivity index is 0.000000605. The van der Waals surface area contributed by atoms with E-state index in [2.05, 4.69) is 12.1 Å². The summed E-state index contributed by atoms with van der Waals surface area (Å²) in [6, 6.07) is 17.9. The van der Waals surface area contributed by atoms with E-state index in [0.29, 0.717) is 0 Å². The molecule has 0 N–H and O–H groups in total. The van der Waals surface area contributed by atoms with Crippen LogP contribution >= 0.6 is 0 Å². The van der Waals surface area contributed by atoms with Crippen LogP contribution in [0.1, 0.15) is 0 Å². The Morgan fingerprint density at radius 1 is 0.750 bits per heavy atom. The summed E-state index contributed by atoms with van der Waals surface area (Å²) >= 11 is 0. The largest absolute Gasteiger partial charge is 0.239 e. The Hall–Kier alpha value is 0.0766. The van der Waals surface area contributed by atoms with Crippen molar-refractivity contribution in [2.75, 3.05) is 0 Å². The Kier molecular flexibility index (Phi) is 5.71. The standard InChI is InChI=1S/C10H6.2W/c1-2-6-10-8-4-3-7-9(10)5-1;;/h1,4-8H;;/q-2;;. The minimum Gasteiger partial charge on any atom is -0.239 e. The summed E-state index contributed by atoms with van der Waals surface area (Å²) in [6.07, 6.45) is 0. The number of fused-ring (bicyclic) bond motifs is 1. The topological polar surface area (TPSA) is 0 Å². The minimum atomic E-state index is 0. The fourth-order valence-corrected chi connectivity index (χ4v) is 1.01. The molecule has 0 aromatic heterocycles. The Morgan fingerprint density at radius 2 is 1.17 bits per heavy atom. The third kappa shape index (κ3) is 2.54. The first kappa shape index (κ1) is 12.1. The van der Waals surface area contributed by atoms with Crippen LogP contribution in [-0.4, -0.2) is 0 Å². The van der Waals surface area contributed by atoms with Crippen molar-refractivity contribution in [2.24, 2.45) is 0 Å². The van der Waals surface area contributed by atoms with Crippen LogP contribution in [0.2, 0.25) is 0 Å². The van der Waals surface area contributed by atoms with Crippen LogP contribution in [-0.2, 0) is 42.1 Å². The van der Waals surface area contributed by atoms with E-state index in [4.69, 9.17) is 0 Å². The number of rotatable bonds is 0. The first-order valence-corrected chi connectivity index (χ1v) is 3.23. The van der Waals surface area contributed by atoms with Gasteiger partial charge in [0.25, 0.3) is 0 Å². The van der Waals surface area contributed by atoms with E-state index < -0.39 is 0 Å². The van der Waals surface area contributed by atoms with Gasteiger partial charge in [0, 0.05) is 42.1 Å². The SMILES string of the molecule is [W].[W].[c-]1ccc2c[c-]ccc2c1. The van der Waals surface area contributed by atoms with Gasteiger partial charge in [0.05, 0.1) is 0 Å². The number of hydrogen-bond donors (Lipinski definition) is 0. The van der Waals surface area contributed by atoms with E-state index in [0.717, 1.165) is 0 Å². The molecular weight excluding hydrogens is 488 g/mol. The number of hydrogen-bond acceptors (Lipinski definition) is 0. The molecule has 0 nitrogen and oxygen atoms in total. The Morgan fingerprint density at radius 3 is 1.58 bits per heavy atom. The van der Waals surface area contributed by atoms with Gasteiger partial charge < -0.3 is 0 Å². The van der Waals surface area contributed by atoms with Crippen LogP contribution < -0.4 is 0 Å². The maximum absolute atomic E-state index is 3.02. The number of benzene rings is 2. The maximum Gasteiger partial charge on any atom is 0 e. The summed E-state index contributed by atoms with van der Waals surface area (Å²) in [5.74, 6) is 0. The molecule has 12 heavy (non-hydrogen) atoms. The van der Waals surface area contributed by atoms with E-state index >= 15 is 0 Å². The molecule has 0 radical (unpaired) electrons. The van der Waals surface area contributed by atoms with E-state index in [-0.39, 0.29) is 42.1 Å². The summed E-state index contributed by atoms with van der Waals surface area (Å²) in [5, 5.41) is 2.45. The second kappa shape index (κ2) is 5.68. The minimum absolute atomic E-state index is 0. The van der Waals surface area contributed by atoms with Gasteiger partial charge >= 0.3 is 0 Å². The van der Waals surface area contributed by atoms with E-state index in [1.807, 2.05) is 36.4 Å². The first-order chi connectivity index (χ1) is 4.97. The maximum atomic E-state index is 3.02. The van der Waals surface area contributed by atoms with Gasteiger partial charge in [-0.25, -0.2) is 22.9 Å². The van der Waals surface area contributed by atoms with Gasteiger partial charge in [-0.3, -0.25) is 0 Å². The summed E-state index contributed by atoms with van der Waals surface area (Å²) < 4.78 is 0. The molecule has 2 aromatic carbocycles. The molecular formula is C10H6W2-2. The summed E-state index contributed by atoms with van der Waals surface area (Å²) in [5.41, 5.74) is 0. The van der Waals surface area contributed by atoms with Crippen molar-refractivity contribution in [3.8, 4) is 0 Å². The van der Waals surface area contributed by atoms with Gasteiger partial charge in [-0.1, -0.05) is 0 Å². The van der Waals surface area contributed by atoms with Crippen LogP contribution in [0.3, 0.4) is 0 Å². The smallest absolute Gasteiger partial charge is 0 e. The van der Waals surface area contributed by atoms with E-state index in [1.54, 1.807) is 0 Å². The molecule has 2 rings (SSSR count). The summed E-state index contributed by atoms with van der Waals surface area (Å²) in [7, 11) is 0. The fraction of sp³-hybridized carbons (Fsp3) is 0. The molecule has 0 saturated carbocycles. The summed E-state index contributed by atoms with van der Waals surface area (Å²) in [6.45, 7) is 0. The zero-order chi connectivity index (χ0) is 6.81. The van der Waals surface area contributed by atoms with Gasteiger partial charge in [0.15, 0.2) is 0 Å². The van der Waals surface area contributed by atoms with Crippen LogP contribution in [0.5, 0.6) is 0 Å². The summed E-state index contributed by atoms with van der Waals surface area (Å²) in [4.78, 5) is 0. The second-order valence-electron chi connectivity index (χ2n) is 2.20. The van der Waals surface area contributed by atoms with E-state index in [9.17, 15) is 0 Å². The molecule has 60 valence electrons. The van der Waals surface area contributed by atoms with Crippen molar-refractivity contribution in [3.05, 3.63) is 48.5 Å². The van der Waals surface area contributed by atoms with Crippen LogP contribution in [0, 0.1) is 12.1 Å². The van der Waals surface area contributed by atoms with Crippen LogP contribution in [0.25, 0.3) is 10.8 Å². The van der Waals surface area contributed by atoms with Gasteiger partial charge in [0.1, 0.15) is 0 Å². The third-order valence-electron chi connectivity index (χ3n) is 1.53. The average molecular weight is 494 g/mol. The molecule has 0 aliphatic rings. The molecule has 0 unspecified atom stereocenters. The van der Waals surface area contributed by atoms with Crippen LogP contribution in [0.15, 0.2) is 36.4 Å². The van der Waals surface area contributed by atoms with Gasteiger partial charge in [0.2, 0.25) is 0 Å². The Labute approximate surface area is 101 Å².